The summed E-state index contributed by atoms with van der Waals surface area (Å²) in [5.74, 6) is -1.53. The molecule has 8 heteroatoms. The minimum absolute atomic E-state index is 0.0821. The van der Waals surface area contributed by atoms with Crippen molar-refractivity contribution in [2.75, 3.05) is 6.54 Å². The molecule has 230 valence electrons. The molecule has 0 fully saturated rings. The maximum absolute atomic E-state index is 14.3. The summed E-state index contributed by atoms with van der Waals surface area (Å²) >= 11 is 0. The van der Waals surface area contributed by atoms with Crippen molar-refractivity contribution in [1.82, 2.24) is 10.0 Å². The normalized spacial score (nSPS) is 12.7. The van der Waals surface area contributed by atoms with Crippen LogP contribution in [0.25, 0.3) is 0 Å². The highest BCUT2D eigenvalue weighted by molar-refractivity contribution is 7.89. The molecule has 1 unspecified atom stereocenters. The molecule has 7 nitrogen and oxygen atoms in total. The molecule has 0 aliphatic rings. The van der Waals surface area contributed by atoms with E-state index >= 15 is 0 Å². The van der Waals surface area contributed by atoms with E-state index in [4.69, 9.17) is 4.74 Å². The lowest BCUT2D eigenvalue weighted by Gasteiger charge is -2.25. The van der Waals surface area contributed by atoms with Crippen molar-refractivity contribution in [3.8, 4) is 0 Å². The van der Waals surface area contributed by atoms with E-state index in [2.05, 4.69) is 10.0 Å². The maximum atomic E-state index is 14.3. The number of carbonyl (C=O) groups is 2. The second-order valence-electron chi connectivity index (χ2n) is 11.1. The van der Waals surface area contributed by atoms with E-state index in [0.29, 0.717) is 30.4 Å². The molecule has 0 saturated heterocycles. The average molecular weight is 613 g/mol. The highest BCUT2D eigenvalue weighted by Crippen LogP contribution is 2.28. The van der Waals surface area contributed by atoms with E-state index in [9.17, 15) is 18.0 Å². The lowest BCUT2D eigenvalue weighted by atomic mass is 9.96. The molecule has 4 rings (SSSR count). The third-order valence-electron chi connectivity index (χ3n) is 7.56. The summed E-state index contributed by atoms with van der Waals surface area (Å²) in [7, 11) is -4.19. The number of nitrogens with one attached hydrogen (secondary N) is 2. The fourth-order valence-electron chi connectivity index (χ4n) is 5.12. The molecule has 0 bridgehead atoms. The van der Waals surface area contributed by atoms with E-state index in [1.54, 1.807) is 0 Å². The van der Waals surface area contributed by atoms with Crippen LogP contribution in [0.4, 0.5) is 0 Å². The molecule has 0 heterocycles. The largest absolute Gasteiger partial charge is 0.460 e. The first-order valence-electron chi connectivity index (χ1n) is 14.9. The molecule has 44 heavy (non-hydrogen) atoms. The van der Waals surface area contributed by atoms with Crippen molar-refractivity contribution in [2.24, 2.45) is 5.92 Å². The van der Waals surface area contributed by atoms with Gasteiger partial charge in [-0.3, -0.25) is 9.59 Å². The van der Waals surface area contributed by atoms with Crippen LogP contribution in [0.15, 0.2) is 108 Å². The fourth-order valence-corrected chi connectivity index (χ4v) is 6.86. The predicted molar refractivity (Wildman–Crippen MR) is 172 cm³/mol. The Balaban J connectivity index is 1.61. The van der Waals surface area contributed by atoms with Crippen molar-refractivity contribution < 1.29 is 22.7 Å². The van der Waals surface area contributed by atoms with Crippen LogP contribution in [0.5, 0.6) is 0 Å². The number of benzene rings is 4. The van der Waals surface area contributed by atoms with Crippen molar-refractivity contribution in [3.63, 3.8) is 0 Å². The van der Waals surface area contributed by atoms with Crippen molar-refractivity contribution in [3.05, 3.63) is 137 Å². The first kappa shape index (κ1) is 32.6. The molecule has 2 atom stereocenters. The Morgan fingerprint density at radius 3 is 1.73 bits per heavy atom. The second-order valence-corrected chi connectivity index (χ2v) is 12.7. The second kappa shape index (κ2) is 15.5. The molecule has 2 N–H and O–H groups in total. The third kappa shape index (κ3) is 9.11. The molecule has 0 aliphatic carbocycles. The molecule has 4 aromatic carbocycles. The average Bonchev–Trinajstić information content (AvgIpc) is 3.02. The van der Waals surface area contributed by atoms with Gasteiger partial charge in [-0.25, -0.2) is 8.42 Å². The van der Waals surface area contributed by atoms with Crippen LogP contribution in [-0.2, 0) is 43.8 Å². The first-order chi connectivity index (χ1) is 21.2. The van der Waals surface area contributed by atoms with Crippen LogP contribution in [0, 0.1) is 12.8 Å². The topological polar surface area (TPSA) is 102 Å². The van der Waals surface area contributed by atoms with E-state index in [1.165, 1.54) is 0 Å². The number of hydrogen-bond acceptors (Lipinski definition) is 5. The lowest BCUT2D eigenvalue weighted by Crippen LogP contribution is -2.51. The summed E-state index contributed by atoms with van der Waals surface area (Å²) in [6, 6.07) is 31.4. The number of rotatable bonds is 14. The minimum Gasteiger partial charge on any atom is -0.460 e. The molecule has 0 spiro atoms. The fraction of sp³-hybridized carbons (Fsp3) is 0.278. The highest BCUT2D eigenvalue weighted by atomic mass is 32.2. The summed E-state index contributed by atoms with van der Waals surface area (Å²) in [5.41, 5.74) is 5.04. The van der Waals surface area contributed by atoms with Crippen LogP contribution in [-0.4, -0.2) is 32.9 Å². The summed E-state index contributed by atoms with van der Waals surface area (Å²) in [6.07, 6.45) is 1.36. The van der Waals surface area contributed by atoms with Gasteiger partial charge in [-0.15, -0.1) is 0 Å². The zero-order valence-electron chi connectivity index (χ0n) is 25.5. The third-order valence-corrected chi connectivity index (χ3v) is 9.18. The van der Waals surface area contributed by atoms with Crippen molar-refractivity contribution in [2.45, 2.75) is 57.6 Å². The van der Waals surface area contributed by atoms with Crippen molar-refractivity contribution in [1.29, 1.82) is 0 Å². The SMILES string of the molecule is CCC(C)[C@H](NS(=O)(=O)c1c(Cc2ccccc2)cc(C)cc1Cc1ccccc1)C(=O)NCC(=O)OCc1ccccc1. The summed E-state index contributed by atoms with van der Waals surface area (Å²) < 4.78 is 36.6. The first-order valence-corrected chi connectivity index (χ1v) is 16.3. The standard InChI is InChI=1S/C36H40N2O5S/c1-4-27(3)34(36(40)37-24-33(39)43-25-30-18-12-7-13-19-30)38-44(41,42)35-31(22-28-14-8-5-9-15-28)20-26(2)21-32(35)23-29-16-10-6-11-17-29/h5-21,27,34,38H,4,22-25H2,1-3H3,(H,37,40)/t27?,34-/m0/s1. The molecule has 0 saturated carbocycles. The molecule has 0 aliphatic heterocycles. The Bertz CT molecular complexity index is 1580. The Kier molecular flexibility index (Phi) is 11.5. The summed E-state index contributed by atoms with van der Waals surface area (Å²) in [6.45, 7) is 5.37. The van der Waals surface area contributed by atoms with Crippen LogP contribution < -0.4 is 10.0 Å². The van der Waals surface area contributed by atoms with Crippen LogP contribution in [0.2, 0.25) is 0 Å². The van der Waals surface area contributed by atoms with Gasteiger partial charge < -0.3 is 10.1 Å². The minimum atomic E-state index is -4.19. The molecule has 0 aromatic heterocycles. The van der Waals surface area contributed by atoms with Gasteiger partial charge in [0.1, 0.15) is 19.2 Å². The van der Waals surface area contributed by atoms with Crippen LogP contribution in [0.3, 0.4) is 0 Å². The number of hydrogen-bond donors (Lipinski definition) is 2. The molecular formula is C36H40N2O5S. The molecule has 1 amide bonds. The van der Waals surface area contributed by atoms with Gasteiger partial charge in [0.15, 0.2) is 0 Å². The van der Waals surface area contributed by atoms with Crippen LogP contribution >= 0.6 is 0 Å². The quantitative estimate of drug-likeness (QED) is 0.177. The monoisotopic (exact) mass is 612 g/mol. The predicted octanol–water partition coefficient (Wildman–Crippen LogP) is 5.73. The Morgan fingerprint density at radius 2 is 1.25 bits per heavy atom. The van der Waals surface area contributed by atoms with Gasteiger partial charge in [-0.1, -0.05) is 129 Å². The van der Waals surface area contributed by atoms with E-state index in [0.717, 1.165) is 22.3 Å². The van der Waals surface area contributed by atoms with E-state index in [-0.39, 0.29) is 24.0 Å². The van der Waals surface area contributed by atoms with E-state index in [1.807, 2.05) is 124 Å². The Labute approximate surface area is 260 Å². The van der Waals surface area contributed by atoms with Gasteiger partial charge >= 0.3 is 5.97 Å². The van der Waals surface area contributed by atoms with Gasteiger partial charge in [0.05, 0.1) is 4.90 Å². The van der Waals surface area contributed by atoms with Gasteiger partial charge in [0.2, 0.25) is 15.9 Å². The van der Waals surface area contributed by atoms with Gasteiger partial charge in [0.25, 0.3) is 0 Å². The maximum Gasteiger partial charge on any atom is 0.325 e. The molecular weight excluding hydrogens is 572 g/mol. The number of esters is 1. The number of aryl methyl sites for hydroxylation is 1. The zero-order valence-corrected chi connectivity index (χ0v) is 26.3. The van der Waals surface area contributed by atoms with E-state index < -0.39 is 27.9 Å². The summed E-state index contributed by atoms with van der Waals surface area (Å²) in [4.78, 5) is 26.0. The molecule has 4 aromatic rings. The molecule has 0 radical (unpaired) electrons. The smallest absolute Gasteiger partial charge is 0.325 e. The van der Waals surface area contributed by atoms with Gasteiger partial charge in [-0.2, -0.15) is 4.72 Å². The number of carbonyl (C=O) groups excluding carboxylic acids is 2. The Hall–Kier alpha value is -4.27. The lowest BCUT2D eigenvalue weighted by molar-refractivity contribution is -0.145. The summed E-state index contributed by atoms with van der Waals surface area (Å²) in [5, 5.41) is 2.59. The van der Waals surface area contributed by atoms with Crippen LogP contribution in [0.1, 0.15) is 53.6 Å². The van der Waals surface area contributed by atoms with Crippen molar-refractivity contribution >= 4 is 21.9 Å². The Morgan fingerprint density at radius 1 is 0.773 bits per heavy atom. The van der Waals surface area contributed by atoms with Gasteiger partial charge in [0, 0.05) is 0 Å². The zero-order chi connectivity index (χ0) is 31.5. The number of sulfonamides is 1. The number of amides is 1. The van der Waals surface area contributed by atoms with Gasteiger partial charge in [-0.05, 0) is 53.5 Å². The number of ether oxygens (including phenoxy) is 1. The highest BCUT2D eigenvalue weighted by Gasteiger charge is 2.32.